The normalized spacial score (nSPS) is 11.9. The smallest absolute Gasteiger partial charge is 0.345 e. The molecule has 0 amide bonds. The van der Waals surface area contributed by atoms with Gasteiger partial charge in [-0.05, 0) is 12.0 Å². The number of carbonyl (C=O) groups is 2. The van der Waals surface area contributed by atoms with Gasteiger partial charge in [-0.15, -0.1) is 0 Å². The van der Waals surface area contributed by atoms with Crippen LogP contribution in [-0.2, 0) is 9.53 Å². The molecule has 0 heterocycles. The predicted molar refractivity (Wildman–Crippen MR) is 63.2 cm³/mol. The highest BCUT2D eigenvalue weighted by atomic mass is 16.6. The molecule has 0 aliphatic heterocycles. The fraction of sp³-hybridized carbons (Fsp3) is 0.333. The number of ether oxygens (including phenoxy) is 1. The number of hydrogen-bond acceptors (Lipinski definition) is 5. The minimum Gasteiger partial charge on any atom is -0.451 e. The summed E-state index contributed by atoms with van der Waals surface area (Å²) in [7, 11) is 0. The number of aldehydes is 1. The number of carbonyl (C=O) groups excluding carboxylic acids is 2. The molecule has 0 fully saturated rings. The molecular weight excluding hydrogens is 238 g/mol. The van der Waals surface area contributed by atoms with Crippen molar-refractivity contribution in [2.75, 3.05) is 0 Å². The van der Waals surface area contributed by atoms with Crippen LogP contribution in [0.3, 0.4) is 0 Å². The number of para-hydroxylation sites is 1. The van der Waals surface area contributed by atoms with Crippen molar-refractivity contribution in [3.63, 3.8) is 0 Å². The van der Waals surface area contributed by atoms with E-state index in [0.717, 1.165) is 0 Å². The van der Waals surface area contributed by atoms with Crippen LogP contribution in [0.15, 0.2) is 24.3 Å². The fourth-order valence-corrected chi connectivity index (χ4v) is 1.31. The third-order valence-corrected chi connectivity index (χ3v) is 2.35. The highest BCUT2D eigenvalue weighted by molar-refractivity contribution is 5.94. The second kappa shape index (κ2) is 5.90. The van der Waals surface area contributed by atoms with Gasteiger partial charge in [-0.2, -0.15) is 0 Å². The Morgan fingerprint density at radius 3 is 2.50 bits per heavy atom. The zero-order valence-corrected chi connectivity index (χ0v) is 10.0. The van der Waals surface area contributed by atoms with Gasteiger partial charge in [0.25, 0.3) is 5.69 Å². The van der Waals surface area contributed by atoms with Gasteiger partial charge in [0.1, 0.15) is 5.56 Å². The van der Waals surface area contributed by atoms with Crippen molar-refractivity contribution >= 4 is 17.9 Å². The topological polar surface area (TPSA) is 86.5 Å². The largest absolute Gasteiger partial charge is 0.451 e. The molecule has 1 aromatic carbocycles. The molecule has 6 heteroatoms. The van der Waals surface area contributed by atoms with Gasteiger partial charge in [-0.3, -0.25) is 14.9 Å². The number of benzene rings is 1. The molecule has 1 atom stereocenters. The maximum absolute atomic E-state index is 11.8. The van der Waals surface area contributed by atoms with Gasteiger partial charge in [0.15, 0.2) is 12.4 Å². The molecule has 0 aliphatic rings. The molecular formula is C12H13NO5. The van der Waals surface area contributed by atoms with Gasteiger partial charge in [0.05, 0.1) is 4.92 Å². The van der Waals surface area contributed by atoms with E-state index in [2.05, 4.69) is 0 Å². The third-order valence-electron chi connectivity index (χ3n) is 2.35. The van der Waals surface area contributed by atoms with Crippen molar-refractivity contribution in [3.05, 3.63) is 39.9 Å². The summed E-state index contributed by atoms with van der Waals surface area (Å²) in [6.45, 7) is 3.43. The van der Waals surface area contributed by atoms with Crippen LogP contribution in [0.25, 0.3) is 0 Å². The molecule has 1 unspecified atom stereocenters. The number of nitro groups is 1. The summed E-state index contributed by atoms with van der Waals surface area (Å²) in [5.74, 6) is -1.05. The Labute approximate surface area is 104 Å². The Morgan fingerprint density at radius 1 is 1.39 bits per heavy atom. The molecule has 6 nitrogen and oxygen atoms in total. The van der Waals surface area contributed by atoms with Crippen LogP contribution in [0.5, 0.6) is 0 Å². The molecule has 0 N–H and O–H groups in total. The van der Waals surface area contributed by atoms with E-state index in [1.54, 1.807) is 13.8 Å². The van der Waals surface area contributed by atoms with E-state index in [9.17, 15) is 19.7 Å². The number of nitrogens with zero attached hydrogens (tertiary/aromatic N) is 1. The fourth-order valence-electron chi connectivity index (χ4n) is 1.31. The monoisotopic (exact) mass is 251 g/mol. The minimum atomic E-state index is -0.905. The zero-order valence-electron chi connectivity index (χ0n) is 10.0. The highest BCUT2D eigenvalue weighted by Crippen LogP contribution is 2.19. The summed E-state index contributed by atoms with van der Waals surface area (Å²) < 4.78 is 4.93. The second-order valence-electron chi connectivity index (χ2n) is 4.02. The van der Waals surface area contributed by atoms with Gasteiger partial charge in [-0.25, -0.2) is 4.79 Å². The van der Waals surface area contributed by atoms with E-state index < -0.39 is 17.0 Å². The molecule has 0 saturated heterocycles. The molecule has 1 aromatic rings. The van der Waals surface area contributed by atoms with Crippen LogP contribution in [0, 0.1) is 16.0 Å². The van der Waals surface area contributed by atoms with Crippen LogP contribution >= 0.6 is 0 Å². The molecule has 96 valence electrons. The van der Waals surface area contributed by atoms with Crippen molar-refractivity contribution in [2.24, 2.45) is 5.92 Å². The summed E-state index contributed by atoms with van der Waals surface area (Å²) >= 11 is 0. The van der Waals surface area contributed by atoms with Gasteiger partial charge in [-0.1, -0.05) is 26.0 Å². The van der Waals surface area contributed by atoms with Gasteiger partial charge < -0.3 is 4.74 Å². The van der Waals surface area contributed by atoms with Crippen molar-refractivity contribution < 1.29 is 19.2 Å². The summed E-state index contributed by atoms with van der Waals surface area (Å²) in [5, 5.41) is 10.7. The third kappa shape index (κ3) is 3.13. The van der Waals surface area contributed by atoms with Crippen LogP contribution < -0.4 is 0 Å². The van der Waals surface area contributed by atoms with E-state index in [1.165, 1.54) is 24.3 Å². The van der Waals surface area contributed by atoms with Crippen LogP contribution in [0.1, 0.15) is 24.2 Å². The average Bonchev–Trinajstić information content (AvgIpc) is 2.35. The Bertz CT molecular complexity index is 469. The lowest BCUT2D eigenvalue weighted by atomic mass is 10.1. The quantitative estimate of drug-likeness (QED) is 0.345. The number of rotatable bonds is 5. The Hall–Kier alpha value is -2.24. The first-order chi connectivity index (χ1) is 8.47. The maximum atomic E-state index is 11.8. The van der Waals surface area contributed by atoms with E-state index in [0.29, 0.717) is 6.29 Å². The van der Waals surface area contributed by atoms with Crippen molar-refractivity contribution in [1.29, 1.82) is 0 Å². The zero-order chi connectivity index (χ0) is 13.7. The molecule has 0 radical (unpaired) electrons. The summed E-state index contributed by atoms with van der Waals surface area (Å²) in [6, 6.07) is 5.45. The Kier molecular flexibility index (Phi) is 4.53. The molecule has 0 aromatic heterocycles. The van der Waals surface area contributed by atoms with Crippen molar-refractivity contribution in [1.82, 2.24) is 0 Å². The minimum absolute atomic E-state index is 0.157. The maximum Gasteiger partial charge on any atom is 0.345 e. The lowest BCUT2D eigenvalue weighted by Gasteiger charge is -2.15. The van der Waals surface area contributed by atoms with Crippen molar-refractivity contribution in [2.45, 2.75) is 20.0 Å². The lowest BCUT2D eigenvalue weighted by Crippen LogP contribution is -2.25. The van der Waals surface area contributed by atoms with Crippen molar-refractivity contribution in [3.8, 4) is 0 Å². The van der Waals surface area contributed by atoms with E-state index in [1.807, 2.05) is 0 Å². The molecule has 0 bridgehead atoms. The first-order valence-corrected chi connectivity index (χ1v) is 5.37. The Balaban J connectivity index is 2.97. The Morgan fingerprint density at radius 2 is 2.00 bits per heavy atom. The number of esters is 1. The van der Waals surface area contributed by atoms with E-state index >= 15 is 0 Å². The standard InChI is InChI=1S/C12H13NO5/c1-8(2)11(7-14)18-12(15)9-5-3-4-6-10(9)13(16)17/h3-8,11H,1-2H3. The van der Waals surface area contributed by atoms with Gasteiger partial charge >= 0.3 is 5.97 Å². The highest BCUT2D eigenvalue weighted by Gasteiger charge is 2.24. The molecule has 1 rings (SSSR count). The van der Waals surface area contributed by atoms with Crippen LogP contribution in [0.4, 0.5) is 5.69 Å². The number of nitro benzene ring substituents is 1. The molecule has 0 saturated carbocycles. The summed E-state index contributed by atoms with van der Waals surface area (Å²) in [5.41, 5.74) is -0.495. The summed E-state index contributed by atoms with van der Waals surface area (Å²) in [6.07, 6.45) is -0.394. The molecule has 0 aliphatic carbocycles. The van der Waals surface area contributed by atoms with E-state index in [4.69, 9.17) is 4.74 Å². The predicted octanol–water partition coefficient (Wildman–Crippen LogP) is 1.98. The SMILES string of the molecule is CC(C)C(C=O)OC(=O)c1ccccc1[N+](=O)[O-]. The lowest BCUT2D eigenvalue weighted by molar-refractivity contribution is -0.385. The first kappa shape index (κ1) is 13.8. The van der Waals surface area contributed by atoms with Crippen LogP contribution in [0.2, 0.25) is 0 Å². The molecule has 18 heavy (non-hydrogen) atoms. The number of hydrogen-bond donors (Lipinski definition) is 0. The first-order valence-electron chi connectivity index (χ1n) is 5.37. The van der Waals surface area contributed by atoms with Gasteiger partial charge in [0.2, 0.25) is 0 Å². The van der Waals surface area contributed by atoms with Crippen LogP contribution in [-0.4, -0.2) is 23.3 Å². The summed E-state index contributed by atoms with van der Waals surface area (Å²) in [4.78, 5) is 32.6. The molecule has 0 spiro atoms. The second-order valence-corrected chi connectivity index (χ2v) is 4.02. The van der Waals surface area contributed by atoms with Gasteiger partial charge in [0, 0.05) is 6.07 Å². The van der Waals surface area contributed by atoms with E-state index in [-0.39, 0.29) is 17.2 Å². The average molecular weight is 251 g/mol.